The highest BCUT2D eigenvalue weighted by atomic mass is 19.4. The van der Waals surface area contributed by atoms with Crippen LogP contribution in [0.15, 0.2) is 115 Å². The summed E-state index contributed by atoms with van der Waals surface area (Å²) in [7, 11) is 0.928. The molecule has 0 bridgehead atoms. The molecule has 0 atom stereocenters. The standard InChI is InChI=1S/C50H25F12N3O8/c1-22-3-10-28(11-4-22)73-45(72)23-5-12-32-34(17-23)43(70)64(41(32)68)26-8-15-29(37(20-26)47(51,52)53)30-16-9-27(21-38(30)48(54,55)56)65-42(69)33-14-7-25(19-36(33)44(65)71)46(49(57,58)59,50(60,61)62)24-6-13-31-35(18-24)40(67)63(2)39(31)66/h3-21H,1-2H3. The number of benzene rings is 6. The highest BCUT2D eigenvalue weighted by molar-refractivity contribution is 6.35. The molecule has 6 aromatic rings. The van der Waals surface area contributed by atoms with Gasteiger partial charge in [-0.15, -0.1) is 0 Å². The number of amides is 6. The Labute approximate surface area is 400 Å². The first-order chi connectivity index (χ1) is 34.0. The van der Waals surface area contributed by atoms with Gasteiger partial charge in [-0.2, -0.15) is 52.7 Å². The molecule has 0 radical (unpaired) electrons. The maximum atomic E-state index is 15.2. The van der Waals surface area contributed by atoms with E-state index in [1.54, 1.807) is 19.1 Å². The molecule has 0 N–H and O–H groups in total. The van der Waals surface area contributed by atoms with Crippen molar-refractivity contribution < 1.29 is 91.0 Å². The van der Waals surface area contributed by atoms with E-state index in [4.69, 9.17) is 4.74 Å². The van der Waals surface area contributed by atoms with Gasteiger partial charge in [0.2, 0.25) is 5.41 Å². The van der Waals surface area contributed by atoms with Gasteiger partial charge in [0.15, 0.2) is 0 Å². The van der Waals surface area contributed by atoms with Gasteiger partial charge in [-0.25, -0.2) is 14.6 Å². The Morgan fingerprint density at radius 1 is 0.425 bits per heavy atom. The molecule has 0 aromatic heterocycles. The molecule has 3 aliphatic heterocycles. The molecule has 3 heterocycles. The van der Waals surface area contributed by atoms with E-state index in [9.17, 15) is 59.9 Å². The Morgan fingerprint density at radius 3 is 1.23 bits per heavy atom. The van der Waals surface area contributed by atoms with Gasteiger partial charge in [-0.1, -0.05) is 42.0 Å². The number of esters is 1. The number of carbonyl (C=O) groups excluding carboxylic acids is 7. The smallest absolute Gasteiger partial charge is 0.417 e. The van der Waals surface area contributed by atoms with E-state index >= 15 is 26.3 Å². The number of hydrogen-bond acceptors (Lipinski definition) is 8. The van der Waals surface area contributed by atoms with Crippen LogP contribution in [-0.4, -0.2) is 65.7 Å². The maximum absolute atomic E-state index is 15.2. The zero-order chi connectivity index (χ0) is 53.2. The summed E-state index contributed by atoms with van der Waals surface area (Å²) in [5.74, 6) is -8.79. The number of carbonyl (C=O) groups is 7. The van der Waals surface area contributed by atoms with Crippen LogP contribution in [0.4, 0.5) is 64.1 Å². The maximum Gasteiger partial charge on any atom is 0.417 e. The number of imide groups is 3. The van der Waals surface area contributed by atoms with Gasteiger partial charge >= 0.3 is 30.7 Å². The topological polar surface area (TPSA) is 138 Å². The van der Waals surface area contributed by atoms with Crippen LogP contribution in [0.1, 0.15) is 100 Å². The van der Waals surface area contributed by atoms with Crippen molar-refractivity contribution in [3.63, 3.8) is 0 Å². The van der Waals surface area contributed by atoms with Crippen molar-refractivity contribution in [2.45, 2.75) is 37.0 Å². The molecule has 0 fully saturated rings. The first kappa shape index (κ1) is 49.4. The van der Waals surface area contributed by atoms with Gasteiger partial charge in [0.1, 0.15) is 5.75 Å². The molecule has 23 heteroatoms. The molecule has 0 spiro atoms. The molecular formula is C50H25F12N3O8. The van der Waals surface area contributed by atoms with E-state index in [0.717, 1.165) is 36.9 Å². The molecule has 11 nitrogen and oxygen atoms in total. The Kier molecular flexibility index (Phi) is 11.1. The SMILES string of the molecule is Cc1ccc(OC(=O)c2ccc3c(c2)C(=O)N(c2ccc(-c4ccc(N5C(=O)c6ccc(C(c7ccc8c(c7)C(=O)N(C)C8=O)(C(F)(F)F)C(F)(F)F)cc6C5=O)cc4C(F)(F)F)c(C(F)(F)F)c2)C3=O)cc1. The highest BCUT2D eigenvalue weighted by Gasteiger charge is 2.73. The summed E-state index contributed by atoms with van der Waals surface area (Å²) in [6.07, 6.45) is -23.8. The molecule has 372 valence electrons. The largest absolute Gasteiger partial charge is 0.423 e. The fraction of sp³-hybridized carbons (Fsp3) is 0.140. The minimum absolute atomic E-state index is 0.0461. The van der Waals surface area contributed by atoms with Crippen LogP contribution in [0.5, 0.6) is 5.75 Å². The third-order valence-electron chi connectivity index (χ3n) is 12.5. The van der Waals surface area contributed by atoms with Crippen molar-refractivity contribution in [3.8, 4) is 16.9 Å². The monoisotopic (exact) mass is 1020 g/mol. The first-order valence-electron chi connectivity index (χ1n) is 20.9. The number of ether oxygens (including phenoxy) is 1. The van der Waals surface area contributed by atoms with Gasteiger partial charge in [0.05, 0.1) is 61.4 Å². The van der Waals surface area contributed by atoms with E-state index in [1.807, 2.05) is 0 Å². The number of anilines is 2. The summed E-state index contributed by atoms with van der Waals surface area (Å²) in [5.41, 5.74) is -20.0. The molecule has 6 aromatic carbocycles. The Bertz CT molecular complexity index is 3460. The molecule has 0 aliphatic carbocycles. The van der Waals surface area contributed by atoms with Crippen molar-refractivity contribution >= 4 is 52.8 Å². The molecule has 6 amide bonds. The van der Waals surface area contributed by atoms with E-state index in [0.29, 0.717) is 46.2 Å². The van der Waals surface area contributed by atoms with E-state index < -0.39 is 144 Å². The van der Waals surface area contributed by atoms with Crippen molar-refractivity contribution in [1.29, 1.82) is 0 Å². The minimum atomic E-state index is -6.34. The lowest BCUT2D eigenvalue weighted by atomic mass is 9.71. The fourth-order valence-electron chi connectivity index (χ4n) is 8.94. The third kappa shape index (κ3) is 7.67. The van der Waals surface area contributed by atoms with Crippen LogP contribution in [0.3, 0.4) is 0 Å². The number of aryl methyl sites for hydroxylation is 1. The average molecular weight is 1020 g/mol. The number of rotatable bonds is 7. The molecule has 3 aliphatic rings. The second-order valence-corrected chi connectivity index (χ2v) is 16.7. The van der Waals surface area contributed by atoms with Crippen LogP contribution in [0, 0.1) is 6.92 Å². The van der Waals surface area contributed by atoms with Gasteiger partial charge in [0, 0.05) is 7.05 Å². The third-order valence-corrected chi connectivity index (χ3v) is 12.5. The lowest BCUT2D eigenvalue weighted by Gasteiger charge is -2.38. The lowest BCUT2D eigenvalue weighted by Crippen LogP contribution is -2.55. The van der Waals surface area contributed by atoms with Crippen LogP contribution >= 0.6 is 0 Å². The highest BCUT2D eigenvalue weighted by Crippen LogP contribution is 2.57. The molecule has 0 unspecified atom stereocenters. The van der Waals surface area contributed by atoms with Gasteiger partial charge in [0.25, 0.3) is 35.4 Å². The molecule has 0 saturated heterocycles. The van der Waals surface area contributed by atoms with E-state index in [1.165, 1.54) is 12.1 Å². The molecule has 0 saturated carbocycles. The van der Waals surface area contributed by atoms with Crippen LogP contribution < -0.4 is 14.5 Å². The van der Waals surface area contributed by atoms with Gasteiger partial charge < -0.3 is 4.74 Å². The average Bonchev–Trinajstić information content (AvgIpc) is 3.81. The first-order valence-corrected chi connectivity index (χ1v) is 20.9. The number of nitrogens with zero attached hydrogens (tertiary/aromatic N) is 3. The van der Waals surface area contributed by atoms with E-state index in [2.05, 4.69) is 0 Å². The number of hydrogen-bond donors (Lipinski definition) is 0. The molecular weight excluding hydrogens is 999 g/mol. The minimum Gasteiger partial charge on any atom is -0.423 e. The van der Waals surface area contributed by atoms with Gasteiger partial charge in [-0.3, -0.25) is 33.7 Å². The molecule has 73 heavy (non-hydrogen) atoms. The second-order valence-electron chi connectivity index (χ2n) is 16.7. The summed E-state index contributed by atoms with van der Waals surface area (Å²) in [5, 5.41) is 0. The Hall–Kier alpha value is -8.63. The van der Waals surface area contributed by atoms with Crippen molar-refractivity contribution in [2.75, 3.05) is 16.8 Å². The summed E-state index contributed by atoms with van der Waals surface area (Å²) in [4.78, 5) is 93.3. The predicted molar refractivity (Wildman–Crippen MR) is 229 cm³/mol. The van der Waals surface area contributed by atoms with Crippen LogP contribution in [-0.2, 0) is 17.8 Å². The van der Waals surface area contributed by atoms with Crippen LogP contribution in [0.2, 0.25) is 0 Å². The summed E-state index contributed by atoms with van der Waals surface area (Å²) >= 11 is 0. The second kappa shape index (κ2) is 16.5. The number of fused-ring (bicyclic) bond motifs is 3. The predicted octanol–water partition coefficient (Wildman–Crippen LogP) is 11.2. The number of halogens is 12. The summed E-state index contributed by atoms with van der Waals surface area (Å²) in [6, 6.07) is 13.5. The summed E-state index contributed by atoms with van der Waals surface area (Å²) < 4.78 is 186. The van der Waals surface area contributed by atoms with Crippen molar-refractivity contribution in [3.05, 3.63) is 182 Å². The zero-order valence-electron chi connectivity index (χ0n) is 36.6. The zero-order valence-corrected chi connectivity index (χ0v) is 36.6. The van der Waals surface area contributed by atoms with Crippen molar-refractivity contribution in [1.82, 2.24) is 4.90 Å². The van der Waals surface area contributed by atoms with Gasteiger partial charge in [-0.05, 0) is 108 Å². The van der Waals surface area contributed by atoms with E-state index in [-0.39, 0.29) is 52.1 Å². The quantitative estimate of drug-likeness (QED) is 0.0667. The summed E-state index contributed by atoms with van der Waals surface area (Å²) in [6.45, 7) is 1.77. The Balaban J connectivity index is 1.07. The normalized spacial score (nSPS) is 15.1. The van der Waals surface area contributed by atoms with Crippen molar-refractivity contribution in [2.24, 2.45) is 0 Å². The lowest BCUT2D eigenvalue weighted by molar-refractivity contribution is -0.288. The fourth-order valence-corrected chi connectivity index (χ4v) is 8.94. The number of alkyl halides is 12. The Morgan fingerprint density at radius 2 is 0.795 bits per heavy atom. The molecule has 9 rings (SSSR count). The van der Waals surface area contributed by atoms with Crippen LogP contribution in [0.25, 0.3) is 11.1 Å².